The predicted molar refractivity (Wildman–Crippen MR) is 92.3 cm³/mol. The first kappa shape index (κ1) is 17.7. The van der Waals surface area contributed by atoms with Crippen molar-refractivity contribution in [1.29, 1.82) is 0 Å². The van der Waals surface area contributed by atoms with Crippen LogP contribution >= 0.6 is 0 Å². The Balaban J connectivity index is 2.04. The third kappa shape index (κ3) is 4.95. The van der Waals surface area contributed by atoms with E-state index in [9.17, 15) is 14.7 Å². The third-order valence-electron chi connectivity index (χ3n) is 3.86. The SMILES string of the molecule is CCCC(CCc1ccccc1)OC(=O)c1ccccc1C(=O)O. The number of carbonyl (C=O) groups is 2. The summed E-state index contributed by atoms with van der Waals surface area (Å²) < 4.78 is 5.59. The second-order valence-electron chi connectivity index (χ2n) is 5.69. The number of benzene rings is 2. The van der Waals surface area contributed by atoms with E-state index in [0.29, 0.717) is 0 Å². The number of carboxylic acid groups (broad SMARTS) is 1. The highest BCUT2D eigenvalue weighted by Gasteiger charge is 2.20. The van der Waals surface area contributed by atoms with E-state index >= 15 is 0 Å². The van der Waals surface area contributed by atoms with Gasteiger partial charge in [0, 0.05) is 0 Å². The minimum Gasteiger partial charge on any atom is -0.478 e. The van der Waals surface area contributed by atoms with Gasteiger partial charge >= 0.3 is 11.9 Å². The molecular formula is C20H22O4. The number of rotatable bonds is 8. The van der Waals surface area contributed by atoms with Crippen LogP contribution in [0.15, 0.2) is 54.6 Å². The molecule has 0 aromatic heterocycles. The Morgan fingerprint density at radius 1 is 0.958 bits per heavy atom. The lowest BCUT2D eigenvalue weighted by Crippen LogP contribution is -2.21. The van der Waals surface area contributed by atoms with Crippen molar-refractivity contribution in [3.05, 3.63) is 71.3 Å². The monoisotopic (exact) mass is 326 g/mol. The maximum atomic E-state index is 12.4. The summed E-state index contributed by atoms with van der Waals surface area (Å²) in [5.74, 6) is -1.70. The number of hydrogen-bond donors (Lipinski definition) is 1. The highest BCUT2D eigenvalue weighted by Crippen LogP contribution is 2.16. The Bertz CT molecular complexity index is 679. The molecule has 2 aromatic carbocycles. The van der Waals surface area contributed by atoms with Crippen LogP contribution in [0.1, 0.15) is 52.5 Å². The Morgan fingerprint density at radius 3 is 2.21 bits per heavy atom. The van der Waals surface area contributed by atoms with E-state index < -0.39 is 11.9 Å². The van der Waals surface area contributed by atoms with Crippen LogP contribution in [0.2, 0.25) is 0 Å². The summed E-state index contributed by atoms with van der Waals surface area (Å²) in [4.78, 5) is 23.6. The maximum absolute atomic E-state index is 12.4. The van der Waals surface area contributed by atoms with E-state index in [2.05, 4.69) is 0 Å². The number of hydrogen-bond acceptors (Lipinski definition) is 3. The molecule has 4 nitrogen and oxygen atoms in total. The summed E-state index contributed by atoms with van der Waals surface area (Å²) in [6.07, 6.45) is 2.98. The number of esters is 1. The molecule has 2 aromatic rings. The molecule has 126 valence electrons. The highest BCUT2D eigenvalue weighted by atomic mass is 16.5. The first-order valence-corrected chi connectivity index (χ1v) is 8.19. The minimum atomic E-state index is -1.13. The van der Waals surface area contributed by atoms with Gasteiger partial charge in [0.05, 0.1) is 11.1 Å². The molecule has 0 saturated carbocycles. The van der Waals surface area contributed by atoms with E-state index in [0.717, 1.165) is 25.7 Å². The number of carboxylic acids is 1. The molecule has 0 radical (unpaired) electrons. The van der Waals surface area contributed by atoms with Gasteiger partial charge in [0.15, 0.2) is 0 Å². The fourth-order valence-electron chi connectivity index (χ4n) is 2.62. The lowest BCUT2D eigenvalue weighted by molar-refractivity contribution is 0.0255. The van der Waals surface area contributed by atoms with Gasteiger partial charge in [0.1, 0.15) is 6.10 Å². The second kappa shape index (κ2) is 8.87. The molecule has 0 bridgehead atoms. The van der Waals surface area contributed by atoms with E-state index in [-0.39, 0.29) is 17.2 Å². The Kier molecular flexibility index (Phi) is 6.55. The topological polar surface area (TPSA) is 63.6 Å². The number of aryl methyl sites for hydroxylation is 1. The van der Waals surface area contributed by atoms with Crippen LogP contribution in [-0.2, 0) is 11.2 Å². The lowest BCUT2D eigenvalue weighted by atomic mass is 10.0. The Hall–Kier alpha value is -2.62. The van der Waals surface area contributed by atoms with Gasteiger partial charge in [-0.15, -0.1) is 0 Å². The van der Waals surface area contributed by atoms with Crippen molar-refractivity contribution < 1.29 is 19.4 Å². The van der Waals surface area contributed by atoms with Gasteiger partial charge < -0.3 is 9.84 Å². The summed E-state index contributed by atoms with van der Waals surface area (Å²) in [5, 5.41) is 9.20. The molecule has 0 spiro atoms. The molecule has 0 aliphatic carbocycles. The number of carbonyl (C=O) groups excluding carboxylic acids is 1. The summed E-state index contributed by atoms with van der Waals surface area (Å²) in [6.45, 7) is 2.04. The van der Waals surface area contributed by atoms with E-state index in [1.807, 2.05) is 37.3 Å². The molecule has 0 fully saturated rings. The van der Waals surface area contributed by atoms with Crippen molar-refractivity contribution in [2.75, 3.05) is 0 Å². The van der Waals surface area contributed by atoms with Gasteiger partial charge in [-0.3, -0.25) is 0 Å². The summed E-state index contributed by atoms with van der Waals surface area (Å²) in [7, 11) is 0. The molecule has 24 heavy (non-hydrogen) atoms. The van der Waals surface area contributed by atoms with Crippen molar-refractivity contribution in [3.8, 4) is 0 Å². The van der Waals surface area contributed by atoms with Gasteiger partial charge in [0.25, 0.3) is 0 Å². The second-order valence-corrected chi connectivity index (χ2v) is 5.69. The van der Waals surface area contributed by atoms with Crippen LogP contribution in [0.25, 0.3) is 0 Å². The van der Waals surface area contributed by atoms with Gasteiger partial charge in [-0.2, -0.15) is 0 Å². The molecule has 0 aliphatic heterocycles. The zero-order valence-corrected chi connectivity index (χ0v) is 13.8. The van der Waals surface area contributed by atoms with Gasteiger partial charge in [-0.25, -0.2) is 9.59 Å². The molecule has 0 amide bonds. The smallest absolute Gasteiger partial charge is 0.339 e. The molecule has 0 heterocycles. The zero-order chi connectivity index (χ0) is 17.4. The van der Waals surface area contributed by atoms with E-state index in [1.54, 1.807) is 12.1 Å². The van der Waals surface area contributed by atoms with Gasteiger partial charge in [0.2, 0.25) is 0 Å². The summed E-state index contributed by atoms with van der Waals surface area (Å²) >= 11 is 0. The number of aromatic carboxylic acids is 1. The van der Waals surface area contributed by atoms with Crippen LogP contribution in [0.5, 0.6) is 0 Å². The molecule has 1 N–H and O–H groups in total. The number of ether oxygens (including phenoxy) is 1. The van der Waals surface area contributed by atoms with Crippen molar-refractivity contribution in [1.82, 2.24) is 0 Å². The van der Waals surface area contributed by atoms with Crippen molar-refractivity contribution in [3.63, 3.8) is 0 Å². The summed E-state index contributed by atoms with van der Waals surface area (Å²) in [5.41, 5.74) is 1.27. The average Bonchev–Trinajstić information content (AvgIpc) is 2.60. The third-order valence-corrected chi connectivity index (χ3v) is 3.86. The standard InChI is InChI=1S/C20H22O4/c1-2-8-16(14-13-15-9-4-3-5-10-15)24-20(23)18-12-7-6-11-17(18)19(21)22/h3-7,9-12,16H,2,8,13-14H2,1H3,(H,21,22). The van der Waals surface area contributed by atoms with Crippen molar-refractivity contribution in [2.24, 2.45) is 0 Å². The van der Waals surface area contributed by atoms with Crippen LogP contribution < -0.4 is 0 Å². The van der Waals surface area contributed by atoms with Crippen LogP contribution in [0.3, 0.4) is 0 Å². The fourth-order valence-corrected chi connectivity index (χ4v) is 2.62. The molecular weight excluding hydrogens is 304 g/mol. The van der Waals surface area contributed by atoms with Crippen molar-refractivity contribution in [2.45, 2.75) is 38.7 Å². The zero-order valence-electron chi connectivity index (χ0n) is 13.8. The predicted octanol–water partition coefficient (Wildman–Crippen LogP) is 4.34. The quantitative estimate of drug-likeness (QED) is 0.733. The minimum absolute atomic E-state index is 0.0270. The van der Waals surface area contributed by atoms with Crippen molar-refractivity contribution >= 4 is 11.9 Å². The van der Waals surface area contributed by atoms with Gasteiger partial charge in [-0.1, -0.05) is 55.8 Å². The van der Waals surface area contributed by atoms with Crippen LogP contribution in [-0.4, -0.2) is 23.1 Å². The van der Waals surface area contributed by atoms with E-state index in [4.69, 9.17) is 4.74 Å². The average molecular weight is 326 g/mol. The largest absolute Gasteiger partial charge is 0.478 e. The Morgan fingerprint density at radius 2 is 1.58 bits per heavy atom. The normalized spacial score (nSPS) is 11.7. The molecule has 2 rings (SSSR count). The maximum Gasteiger partial charge on any atom is 0.339 e. The molecule has 1 atom stereocenters. The van der Waals surface area contributed by atoms with Crippen LogP contribution in [0, 0.1) is 0 Å². The first-order valence-electron chi connectivity index (χ1n) is 8.19. The fraction of sp³-hybridized carbons (Fsp3) is 0.300. The highest BCUT2D eigenvalue weighted by molar-refractivity contribution is 6.02. The summed E-state index contributed by atoms with van der Waals surface area (Å²) in [6, 6.07) is 16.2. The molecule has 0 aliphatic rings. The van der Waals surface area contributed by atoms with Gasteiger partial charge in [-0.05, 0) is 37.0 Å². The first-order chi connectivity index (χ1) is 11.6. The van der Waals surface area contributed by atoms with Crippen LogP contribution in [0.4, 0.5) is 0 Å². The molecule has 4 heteroatoms. The molecule has 1 unspecified atom stereocenters. The Labute approximate surface area is 142 Å². The molecule has 0 saturated heterocycles. The van der Waals surface area contributed by atoms with E-state index in [1.165, 1.54) is 17.7 Å². The lowest BCUT2D eigenvalue weighted by Gasteiger charge is -2.18.